The molecule has 112 valence electrons. The SMILES string of the molecule is CC(C)(C)c1cccc(OCC(C)(O)c2ccccc2)c1. The summed E-state index contributed by atoms with van der Waals surface area (Å²) in [7, 11) is 0. The van der Waals surface area contributed by atoms with Gasteiger partial charge in [0.05, 0.1) is 0 Å². The van der Waals surface area contributed by atoms with Crippen LogP contribution in [0.3, 0.4) is 0 Å². The molecule has 2 aromatic carbocycles. The minimum absolute atomic E-state index is 0.0846. The lowest BCUT2D eigenvalue weighted by Gasteiger charge is -2.25. The van der Waals surface area contributed by atoms with Gasteiger partial charge in [-0.2, -0.15) is 0 Å². The summed E-state index contributed by atoms with van der Waals surface area (Å²) >= 11 is 0. The molecule has 0 saturated heterocycles. The molecule has 0 heterocycles. The van der Waals surface area contributed by atoms with E-state index in [2.05, 4.69) is 26.8 Å². The highest BCUT2D eigenvalue weighted by Crippen LogP contribution is 2.27. The fourth-order valence-electron chi connectivity index (χ4n) is 2.16. The van der Waals surface area contributed by atoms with Crippen molar-refractivity contribution in [1.82, 2.24) is 0 Å². The molecule has 0 amide bonds. The van der Waals surface area contributed by atoms with Crippen molar-refractivity contribution in [3.05, 3.63) is 65.7 Å². The Morgan fingerprint density at radius 3 is 2.10 bits per heavy atom. The summed E-state index contributed by atoms with van der Waals surface area (Å²) in [6, 6.07) is 17.7. The van der Waals surface area contributed by atoms with Gasteiger partial charge in [0.1, 0.15) is 18.0 Å². The molecule has 0 saturated carbocycles. The van der Waals surface area contributed by atoms with E-state index in [1.807, 2.05) is 48.5 Å². The van der Waals surface area contributed by atoms with Crippen LogP contribution in [0.5, 0.6) is 5.75 Å². The van der Waals surface area contributed by atoms with E-state index in [1.54, 1.807) is 6.92 Å². The first kappa shape index (κ1) is 15.6. The molecule has 0 aliphatic rings. The van der Waals surface area contributed by atoms with Crippen LogP contribution in [0, 0.1) is 0 Å². The average molecular weight is 284 g/mol. The molecule has 2 nitrogen and oxygen atoms in total. The first-order chi connectivity index (χ1) is 9.79. The van der Waals surface area contributed by atoms with Crippen LogP contribution in [-0.2, 0) is 11.0 Å². The molecule has 1 unspecified atom stereocenters. The maximum atomic E-state index is 10.6. The number of hydrogen-bond donors (Lipinski definition) is 1. The molecule has 2 aromatic rings. The second-order valence-corrected chi connectivity index (χ2v) is 6.71. The van der Waals surface area contributed by atoms with E-state index in [4.69, 9.17) is 4.74 Å². The third-order valence-electron chi connectivity index (χ3n) is 3.62. The molecule has 1 atom stereocenters. The molecule has 0 fully saturated rings. The van der Waals surface area contributed by atoms with Gasteiger partial charge in [-0.25, -0.2) is 0 Å². The second-order valence-electron chi connectivity index (χ2n) is 6.71. The molecular weight excluding hydrogens is 260 g/mol. The van der Waals surface area contributed by atoms with Crippen LogP contribution in [0.15, 0.2) is 54.6 Å². The van der Waals surface area contributed by atoms with E-state index in [9.17, 15) is 5.11 Å². The Morgan fingerprint density at radius 1 is 0.857 bits per heavy atom. The van der Waals surface area contributed by atoms with Crippen LogP contribution in [0.2, 0.25) is 0 Å². The van der Waals surface area contributed by atoms with Gasteiger partial charge >= 0.3 is 0 Å². The number of ether oxygens (including phenoxy) is 1. The molecule has 0 aromatic heterocycles. The number of hydrogen-bond acceptors (Lipinski definition) is 2. The van der Waals surface area contributed by atoms with Crippen molar-refractivity contribution in [1.29, 1.82) is 0 Å². The van der Waals surface area contributed by atoms with E-state index >= 15 is 0 Å². The number of rotatable bonds is 4. The van der Waals surface area contributed by atoms with Gasteiger partial charge < -0.3 is 9.84 Å². The smallest absolute Gasteiger partial charge is 0.121 e. The van der Waals surface area contributed by atoms with Crippen molar-refractivity contribution < 1.29 is 9.84 Å². The Hall–Kier alpha value is -1.80. The average Bonchev–Trinajstić information content (AvgIpc) is 2.46. The van der Waals surface area contributed by atoms with Gasteiger partial charge in [0, 0.05) is 0 Å². The van der Waals surface area contributed by atoms with E-state index in [0.717, 1.165) is 11.3 Å². The quantitative estimate of drug-likeness (QED) is 0.908. The molecule has 0 aliphatic heterocycles. The molecule has 0 radical (unpaired) electrons. The van der Waals surface area contributed by atoms with Crippen LogP contribution in [0.25, 0.3) is 0 Å². The largest absolute Gasteiger partial charge is 0.490 e. The Morgan fingerprint density at radius 2 is 1.48 bits per heavy atom. The molecule has 0 aliphatic carbocycles. The summed E-state index contributed by atoms with van der Waals surface area (Å²) < 4.78 is 5.81. The Balaban J connectivity index is 2.10. The van der Waals surface area contributed by atoms with Gasteiger partial charge in [0.25, 0.3) is 0 Å². The normalized spacial score (nSPS) is 14.5. The van der Waals surface area contributed by atoms with Crippen LogP contribution in [0.4, 0.5) is 0 Å². The molecule has 0 spiro atoms. The molecule has 2 rings (SSSR count). The van der Waals surface area contributed by atoms with Crippen molar-refractivity contribution in [2.24, 2.45) is 0 Å². The topological polar surface area (TPSA) is 29.5 Å². The van der Waals surface area contributed by atoms with E-state index < -0.39 is 5.60 Å². The third kappa shape index (κ3) is 4.08. The van der Waals surface area contributed by atoms with Gasteiger partial charge in [-0.05, 0) is 35.6 Å². The summed E-state index contributed by atoms with van der Waals surface area (Å²) in [6.07, 6.45) is 0. The summed E-state index contributed by atoms with van der Waals surface area (Å²) in [5.74, 6) is 0.790. The van der Waals surface area contributed by atoms with E-state index in [-0.39, 0.29) is 12.0 Å². The Labute approximate surface area is 127 Å². The molecule has 21 heavy (non-hydrogen) atoms. The zero-order valence-corrected chi connectivity index (χ0v) is 13.3. The Kier molecular flexibility index (Phi) is 4.38. The van der Waals surface area contributed by atoms with Crippen molar-refractivity contribution in [3.8, 4) is 5.75 Å². The minimum Gasteiger partial charge on any atom is -0.490 e. The van der Waals surface area contributed by atoms with Crippen molar-refractivity contribution in [3.63, 3.8) is 0 Å². The molecule has 1 N–H and O–H groups in total. The summed E-state index contributed by atoms with van der Waals surface area (Å²) in [4.78, 5) is 0. The van der Waals surface area contributed by atoms with Crippen molar-refractivity contribution >= 4 is 0 Å². The van der Waals surface area contributed by atoms with Crippen LogP contribution in [0.1, 0.15) is 38.8 Å². The lowest BCUT2D eigenvalue weighted by atomic mass is 9.87. The fraction of sp³-hybridized carbons (Fsp3) is 0.368. The van der Waals surface area contributed by atoms with Gasteiger partial charge in [0.15, 0.2) is 0 Å². The van der Waals surface area contributed by atoms with E-state index in [0.29, 0.717) is 0 Å². The van der Waals surface area contributed by atoms with Crippen LogP contribution < -0.4 is 4.74 Å². The van der Waals surface area contributed by atoms with Gasteiger partial charge in [0.2, 0.25) is 0 Å². The third-order valence-corrected chi connectivity index (χ3v) is 3.62. The minimum atomic E-state index is -1.00. The van der Waals surface area contributed by atoms with E-state index in [1.165, 1.54) is 5.56 Å². The van der Waals surface area contributed by atoms with Crippen LogP contribution in [-0.4, -0.2) is 11.7 Å². The molecule has 0 bridgehead atoms. The van der Waals surface area contributed by atoms with Gasteiger partial charge in [-0.1, -0.05) is 63.2 Å². The second kappa shape index (κ2) is 5.90. The highest BCUT2D eigenvalue weighted by molar-refractivity contribution is 5.33. The maximum absolute atomic E-state index is 10.6. The summed E-state index contributed by atoms with van der Waals surface area (Å²) in [5, 5.41) is 10.6. The monoisotopic (exact) mass is 284 g/mol. The first-order valence-corrected chi connectivity index (χ1v) is 7.30. The zero-order valence-electron chi connectivity index (χ0n) is 13.3. The summed E-state index contributed by atoms with van der Waals surface area (Å²) in [5.41, 5.74) is 1.16. The highest BCUT2D eigenvalue weighted by Gasteiger charge is 2.24. The molecule has 2 heteroatoms. The Bertz CT molecular complexity index is 580. The van der Waals surface area contributed by atoms with Crippen LogP contribution >= 0.6 is 0 Å². The fourth-order valence-corrected chi connectivity index (χ4v) is 2.16. The predicted molar refractivity (Wildman–Crippen MR) is 86.6 cm³/mol. The van der Waals surface area contributed by atoms with Gasteiger partial charge in [-0.3, -0.25) is 0 Å². The summed E-state index contributed by atoms with van der Waals surface area (Å²) in [6.45, 7) is 8.52. The van der Waals surface area contributed by atoms with Crippen molar-refractivity contribution in [2.75, 3.05) is 6.61 Å². The van der Waals surface area contributed by atoms with Gasteiger partial charge in [-0.15, -0.1) is 0 Å². The maximum Gasteiger partial charge on any atom is 0.121 e. The first-order valence-electron chi connectivity index (χ1n) is 7.30. The predicted octanol–water partition coefficient (Wildman–Crippen LogP) is 4.27. The zero-order chi connectivity index (χ0) is 15.5. The van der Waals surface area contributed by atoms with Crippen molar-refractivity contribution in [2.45, 2.75) is 38.7 Å². The lowest BCUT2D eigenvalue weighted by Crippen LogP contribution is -2.29. The lowest BCUT2D eigenvalue weighted by molar-refractivity contribution is 0.00756. The molecular formula is C19H24O2. The highest BCUT2D eigenvalue weighted by atomic mass is 16.5. The number of aliphatic hydroxyl groups is 1. The number of benzene rings is 2. The standard InChI is InChI=1S/C19H24O2/c1-18(2,3)16-11-8-12-17(13-16)21-14-19(4,20)15-9-6-5-7-10-15/h5-13,20H,14H2,1-4H3.